The number of primary amides is 1. The smallest absolute Gasteiger partial charge is 0.217 e. The molecule has 0 saturated heterocycles. The number of aromatic nitrogens is 2. The molecule has 0 aliphatic heterocycles. The van der Waals surface area contributed by atoms with E-state index in [2.05, 4.69) is 28.6 Å². The van der Waals surface area contributed by atoms with E-state index >= 15 is 0 Å². The monoisotopic (exact) mass is 293 g/mol. The highest BCUT2D eigenvalue weighted by Gasteiger charge is 2.10. The van der Waals surface area contributed by atoms with Crippen molar-refractivity contribution < 1.29 is 4.79 Å². The molecule has 0 bridgehead atoms. The lowest BCUT2D eigenvalue weighted by molar-refractivity contribution is -0.118. The Bertz CT molecular complexity index is 606. The fraction of sp³-hybridized carbons (Fsp3) is 0.467. The third-order valence-electron chi connectivity index (χ3n) is 3.36. The van der Waals surface area contributed by atoms with Crippen molar-refractivity contribution in [1.29, 1.82) is 0 Å². The van der Waals surface area contributed by atoms with E-state index in [9.17, 15) is 4.79 Å². The second-order valence-corrected chi connectivity index (χ2v) is 5.41. The Morgan fingerprint density at radius 2 is 2.20 bits per heavy atom. The molecule has 0 saturated carbocycles. The molecule has 5 heteroatoms. The van der Waals surface area contributed by atoms with Crippen molar-refractivity contribution >= 4 is 28.5 Å². The van der Waals surface area contributed by atoms with Gasteiger partial charge in [-0.3, -0.25) is 4.79 Å². The number of hydrogen-bond acceptors (Lipinski definition) is 2. The van der Waals surface area contributed by atoms with Crippen molar-refractivity contribution in [3.63, 3.8) is 0 Å². The first-order valence-electron chi connectivity index (χ1n) is 6.92. The van der Waals surface area contributed by atoms with Crippen LogP contribution in [-0.2, 0) is 17.8 Å². The van der Waals surface area contributed by atoms with Gasteiger partial charge in [0.2, 0.25) is 5.91 Å². The molecule has 1 aromatic heterocycles. The largest absolute Gasteiger partial charge is 0.370 e. The fourth-order valence-electron chi connectivity index (χ4n) is 2.38. The Labute approximate surface area is 123 Å². The van der Waals surface area contributed by atoms with Crippen LogP contribution in [0, 0.1) is 6.92 Å². The third kappa shape index (κ3) is 3.51. The number of nitrogens with two attached hydrogens (primary N) is 1. The summed E-state index contributed by atoms with van der Waals surface area (Å²) in [5, 5.41) is 0. The Morgan fingerprint density at radius 3 is 2.90 bits per heavy atom. The zero-order chi connectivity index (χ0) is 14.5. The topological polar surface area (TPSA) is 60.9 Å². The summed E-state index contributed by atoms with van der Waals surface area (Å²) in [4.78, 5) is 15.4. The van der Waals surface area contributed by atoms with E-state index < -0.39 is 0 Å². The molecule has 0 spiro atoms. The van der Waals surface area contributed by atoms with Gasteiger partial charge in [-0.2, -0.15) is 0 Å². The first-order valence-corrected chi connectivity index (χ1v) is 7.45. The summed E-state index contributed by atoms with van der Waals surface area (Å²) in [6.45, 7) is 2.92. The summed E-state index contributed by atoms with van der Waals surface area (Å²) in [7, 11) is 0. The van der Waals surface area contributed by atoms with Gasteiger partial charge < -0.3 is 10.3 Å². The molecule has 0 fully saturated rings. The van der Waals surface area contributed by atoms with Crippen LogP contribution in [0.15, 0.2) is 18.2 Å². The standard InChI is InChI=1S/C15H20ClN3O/c1-11-5-6-12-13(10-11)19(15(18-12)7-8-16)9-3-2-4-14(17)20/h5-6,10H,2-4,7-9H2,1H3,(H2,17,20). The summed E-state index contributed by atoms with van der Waals surface area (Å²) >= 11 is 5.86. The Morgan fingerprint density at radius 1 is 1.40 bits per heavy atom. The van der Waals surface area contributed by atoms with E-state index in [1.54, 1.807) is 0 Å². The number of carbonyl (C=O) groups is 1. The lowest BCUT2D eigenvalue weighted by atomic mass is 10.2. The number of alkyl halides is 1. The maximum Gasteiger partial charge on any atom is 0.217 e. The van der Waals surface area contributed by atoms with Gasteiger partial charge in [0.1, 0.15) is 5.82 Å². The van der Waals surface area contributed by atoms with Gasteiger partial charge in [0.05, 0.1) is 11.0 Å². The van der Waals surface area contributed by atoms with Crippen LogP contribution in [0.5, 0.6) is 0 Å². The van der Waals surface area contributed by atoms with E-state index in [1.807, 2.05) is 6.07 Å². The summed E-state index contributed by atoms with van der Waals surface area (Å²) in [6.07, 6.45) is 2.92. The summed E-state index contributed by atoms with van der Waals surface area (Å²) < 4.78 is 2.21. The number of imidazole rings is 1. The van der Waals surface area contributed by atoms with Gasteiger partial charge >= 0.3 is 0 Å². The molecule has 1 aromatic carbocycles. The minimum absolute atomic E-state index is 0.239. The first kappa shape index (κ1) is 14.9. The number of nitrogens with zero attached hydrogens (tertiary/aromatic N) is 2. The maximum absolute atomic E-state index is 10.8. The van der Waals surface area contributed by atoms with Crippen LogP contribution in [0.4, 0.5) is 0 Å². The van der Waals surface area contributed by atoms with E-state index in [1.165, 1.54) is 5.56 Å². The molecule has 2 rings (SSSR count). The molecule has 20 heavy (non-hydrogen) atoms. The van der Waals surface area contributed by atoms with Crippen LogP contribution in [0.1, 0.15) is 30.7 Å². The predicted molar refractivity (Wildman–Crippen MR) is 81.9 cm³/mol. The van der Waals surface area contributed by atoms with Gasteiger partial charge in [0, 0.05) is 25.3 Å². The van der Waals surface area contributed by atoms with Crippen molar-refractivity contribution in [2.45, 2.75) is 39.2 Å². The second-order valence-electron chi connectivity index (χ2n) is 5.03. The third-order valence-corrected chi connectivity index (χ3v) is 3.54. The molecule has 108 valence electrons. The Balaban J connectivity index is 2.21. The first-order chi connectivity index (χ1) is 9.61. The van der Waals surface area contributed by atoms with Crippen LogP contribution < -0.4 is 5.73 Å². The molecule has 0 aliphatic carbocycles. The molecule has 4 nitrogen and oxygen atoms in total. The van der Waals surface area contributed by atoms with E-state index in [-0.39, 0.29) is 5.91 Å². The second kappa shape index (κ2) is 6.75. The summed E-state index contributed by atoms with van der Waals surface area (Å²) in [5.74, 6) is 1.33. The van der Waals surface area contributed by atoms with Crippen molar-refractivity contribution in [2.75, 3.05) is 5.88 Å². The van der Waals surface area contributed by atoms with Crippen LogP contribution in [0.25, 0.3) is 11.0 Å². The Hall–Kier alpha value is -1.55. The molecule has 0 aliphatic rings. The molecular formula is C15H20ClN3O. The van der Waals surface area contributed by atoms with Crippen molar-refractivity contribution in [1.82, 2.24) is 9.55 Å². The van der Waals surface area contributed by atoms with E-state index in [0.717, 1.165) is 42.7 Å². The van der Waals surface area contributed by atoms with Crippen molar-refractivity contribution in [3.05, 3.63) is 29.6 Å². The quantitative estimate of drug-likeness (QED) is 0.630. The number of halogens is 1. The van der Waals surface area contributed by atoms with Gasteiger partial charge in [-0.25, -0.2) is 4.98 Å². The van der Waals surface area contributed by atoms with Gasteiger partial charge in [0.25, 0.3) is 0 Å². The number of aryl methyl sites for hydroxylation is 3. The zero-order valence-corrected chi connectivity index (χ0v) is 12.5. The number of unbranched alkanes of at least 4 members (excludes halogenated alkanes) is 1. The minimum atomic E-state index is -0.239. The summed E-state index contributed by atoms with van der Waals surface area (Å²) in [5.41, 5.74) is 8.53. The average Bonchev–Trinajstić information content (AvgIpc) is 2.72. The molecule has 2 N–H and O–H groups in total. The zero-order valence-electron chi connectivity index (χ0n) is 11.7. The van der Waals surface area contributed by atoms with Gasteiger partial charge in [-0.05, 0) is 37.5 Å². The minimum Gasteiger partial charge on any atom is -0.370 e. The number of amides is 1. The summed E-state index contributed by atoms with van der Waals surface area (Å²) in [6, 6.07) is 6.26. The Kier molecular flexibility index (Phi) is 5.01. The van der Waals surface area contributed by atoms with Crippen LogP contribution in [0.2, 0.25) is 0 Å². The van der Waals surface area contributed by atoms with E-state index in [0.29, 0.717) is 12.3 Å². The molecule has 0 radical (unpaired) electrons. The fourth-order valence-corrected chi connectivity index (χ4v) is 2.55. The molecule has 0 unspecified atom stereocenters. The normalized spacial score (nSPS) is 11.1. The molecular weight excluding hydrogens is 274 g/mol. The number of hydrogen-bond donors (Lipinski definition) is 1. The highest BCUT2D eigenvalue weighted by atomic mass is 35.5. The predicted octanol–water partition coefficient (Wildman–Crippen LogP) is 2.78. The van der Waals surface area contributed by atoms with Crippen LogP contribution in [-0.4, -0.2) is 21.3 Å². The number of fused-ring (bicyclic) bond motifs is 1. The highest BCUT2D eigenvalue weighted by molar-refractivity contribution is 6.17. The van der Waals surface area contributed by atoms with Crippen LogP contribution >= 0.6 is 11.6 Å². The molecule has 2 aromatic rings. The van der Waals surface area contributed by atoms with Crippen LogP contribution in [0.3, 0.4) is 0 Å². The van der Waals surface area contributed by atoms with E-state index in [4.69, 9.17) is 17.3 Å². The number of rotatable bonds is 7. The van der Waals surface area contributed by atoms with Gasteiger partial charge in [-0.15, -0.1) is 11.6 Å². The molecule has 1 heterocycles. The lowest BCUT2D eigenvalue weighted by Gasteiger charge is -2.08. The van der Waals surface area contributed by atoms with Crippen molar-refractivity contribution in [3.8, 4) is 0 Å². The maximum atomic E-state index is 10.8. The lowest BCUT2D eigenvalue weighted by Crippen LogP contribution is -2.11. The average molecular weight is 294 g/mol. The SMILES string of the molecule is Cc1ccc2nc(CCCl)n(CCCCC(N)=O)c2c1. The number of benzene rings is 1. The highest BCUT2D eigenvalue weighted by Crippen LogP contribution is 2.19. The number of carbonyl (C=O) groups excluding carboxylic acids is 1. The molecule has 0 atom stereocenters. The molecule has 1 amide bonds. The van der Waals surface area contributed by atoms with Crippen molar-refractivity contribution in [2.24, 2.45) is 5.73 Å². The van der Waals surface area contributed by atoms with Gasteiger partial charge in [-0.1, -0.05) is 6.07 Å². The van der Waals surface area contributed by atoms with Gasteiger partial charge in [0.15, 0.2) is 0 Å².